The number of hydrogen-bond donors (Lipinski definition) is 0. The first kappa shape index (κ1) is 9.05. The Morgan fingerprint density at radius 1 is 1.50 bits per heavy atom. The van der Waals surface area contributed by atoms with Crippen molar-refractivity contribution in [2.45, 2.75) is 12.2 Å². The number of hydrogen-bond acceptors (Lipinski definition) is 1. The number of alkyl halides is 1. The van der Waals surface area contributed by atoms with Gasteiger partial charge in [-0.2, -0.15) is 0 Å². The zero-order valence-electron chi connectivity index (χ0n) is 5.40. The van der Waals surface area contributed by atoms with Gasteiger partial charge in [-0.1, -0.05) is 30.1 Å². The highest BCUT2D eigenvalue weighted by atomic mass is 35.5. The minimum atomic E-state index is 0.316. The van der Waals surface area contributed by atoms with Crippen molar-refractivity contribution in [2.24, 2.45) is 5.92 Å². The molecule has 2 unspecified atom stereocenters. The van der Waals surface area contributed by atoms with Crippen LogP contribution in [0, 0.1) is 5.92 Å². The lowest BCUT2D eigenvalue weighted by atomic mass is 10.1. The van der Waals surface area contributed by atoms with Crippen molar-refractivity contribution in [1.29, 1.82) is 0 Å². The Morgan fingerprint density at radius 3 is 2.30 bits per heavy atom. The monoisotopic (exact) mass is 216 g/mol. The van der Waals surface area contributed by atoms with Gasteiger partial charge in [0.2, 0.25) is 0 Å². The van der Waals surface area contributed by atoms with Crippen LogP contribution in [0.3, 0.4) is 0 Å². The lowest BCUT2D eigenvalue weighted by molar-refractivity contribution is 0.720. The summed E-state index contributed by atoms with van der Waals surface area (Å²) in [6, 6.07) is 0. The van der Waals surface area contributed by atoms with Crippen LogP contribution in [-0.2, 0) is 0 Å². The predicted octanol–water partition coefficient (Wildman–Crippen LogP) is 3.62. The molecule has 0 saturated carbocycles. The Bertz CT molecular complexity index is 166. The highest BCUT2D eigenvalue weighted by molar-refractivity contribution is 8.05. The van der Waals surface area contributed by atoms with Crippen LogP contribution in [0.2, 0.25) is 0 Å². The second-order valence-electron chi connectivity index (χ2n) is 2.22. The van der Waals surface area contributed by atoms with Crippen molar-refractivity contribution in [3.8, 4) is 0 Å². The maximum atomic E-state index is 5.85. The normalized spacial score (nSPS) is 33.6. The Balaban J connectivity index is 2.67. The fourth-order valence-corrected chi connectivity index (χ4v) is 3.10. The maximum absolute atomic E-state index is 5.85. The largest absolute Gasteiger partial charge is 0.125 e. The second-order valence-corrected chi connectivity index (χ2v) is 4.79. The van der Waals surface area contributed by atoms with E-state index in [1.54, 1.807) is 11.8 Å². The van der Waals surface area contributed by atoms with Crippen molar-refractivity contribution < 1.29 is 0 Å². The van der Waals surface area contributed by atoms with E-state index in [0.717, 1.165) is 5.03 Å². The van der Waals surface area contributed by atoms with E-state index in [2.05, 4.69) is 0 Å². The van der Waals surface area contributed by atoms with Crippen LogP contribution in [-0.4, -0.2) is 11.1 Å². The van der Waals surface area contributed by atoms with Crippen LogP contribution in [0.1, 0.15) is 6.92 Å². The average Bonchev–Trinajstić information content (AvgIpc) is 2.17. The maximum Gasteiger partial charge on any atom is 0.0886 e. The van der Waals surface area contributed by atoms with Gasteiger partial charge in [-0.15, -0.1) is 23.4 Å². The number of halogens is 3. The van der Waals surface area contributed by atoms with Gasteiger partial charge in [0.25, 0.3) is 0 Å². The minimum Gasteiger partial charge on any atom is -0.125 e. The quantitative estimate of drug-likeness (QED) is 0.605. The lowest BCUT2D eigenvalue weighted by Gasteiger charge is -2.09. The zero-order chi connectivity index (χ0) is 7.72. The fourth-order valence-electron chi connectivity index (χ4n) is 0.799. The van der Waals surface area contributed by atoms with Crippen molar-refractivity contribution in [2.75, 3.05) is 5.88 Å². The summed E-state index contributed by atoms with van der Waals surface area (Å²) >= 11 is 18.9. The van der Waals surface area contributed by atoms with E-state index in [-0.39, 0.29) is 0 Å². The molecular formula is C6H7Cl3S. The lowest BCUT2D eigenvalue weighted by Crippen LogP contribution is -2.10. The summed E-state index contributed by atoms with van der Waals surface area (Å²) in [7, 11) is 0. The molecule has 0 amide bonds. The molecule has 0 fully saturated rings. The molecule has 1 rings (SSSR count). The van der Waals surface area contributed by atoms with Crippen LogP contribution < -0.4 is 0 Å². The molecule has 10 heavy (non-hydrogen) atoms. The molecule has 0 saturated heterocycles. The van der Waals surface area contributed by atoms with Crippen LogP contribution in [0.5, 0.6) is 0 Å². The van der Waals surface area contributed by atoms with Crippen LogP contribution in [0.15, 0.2) is 9.40 Å². The van der Waals surface area contributed by atoms with E-state index < -0.39 is 0 Å². The van der Waals surface area contributed by atoms with Gasteiger partial charge in [0.15, 0.2) is 0 Å². The summed E-state index contributed by atoms with van der Waals surface area (Å²) in [5, 5.41) is 1.12. The molecule has 0 nitrogen and oxygen atoms in total. The van der Waals surface area contributed by atoms with Crippen LogP contribution in [0.4, 0.5) is 0 Å². The van der Waals surface area contributed by atoms with Crippen molar-refractivity contribution in [3.05, 3.63) is 9.40 Å². The number of allylic oxidation sites excluding steroid dienone is 1. The third-order valence-corrected chi connectivity index (χ3v) is 4.58. The van der Waals surface area contributed by atoms with Gasteiger partial charge in [-0.05, 0) is 0 Å². The van der Waals surface area contributed by atoms with Gasteiger partial charge in [-0.3, -0.25) is 0 Å². The average molecular weight is 218 g/mol. The Kier molecular flexibility index (Phi) is 3.23. The topological polar surface area (TPSA) is 0 Å². The summed E-state index contributed by atoms with van der Waals surface area (Å²) in [6.07, 6.45) is 0. The summed E-state index contributed by atoms with van der Waals surface area (Å²) < 4.78 is 0.708. The van der Waals surface area contributed by atoms with Crippen molar-refractivity contribution >= 4 is 46.6 Å². The van der Waals surface area contributed by atoms with E-state index in [1.807, 2.05) is 6.92 Å². The van der Waals surface area contributed by atoms with E-state index in [9.17, 15) is 0 Å². The third kappa shape index (κ3) is 1.58. The van der Waals surface area contributed by atoms with Crippen LogP contribution in [0.25, 0.3) is 0 Å². The first-order valence-corrected chi connectivity index (χ1v) is 5.11. The molecule has 1 aliphatic heterocycles. The van der Waals surface area contributed by atoms with E-state index in [0.29, 0.717) is 21.4 Å². The molecule has 0 aromatic carbocycles. The van der Waals surface area contributed by atoms with Crippen LogP contribution >= 0.6 is 46.6 Å². The predicted molar refractivity (Wildman–Crippen MR) is 50.0 cm³/mol. The minimum absolute atomic E-state index is 0.316. The first-order valence-electron chi connectivity index (χ1n) is 2.94. The van der Waals surface area contributed by atoms with E-state index in [4.69, 9.17) is 34.8 Å². The van der Waals surface area contributed by atoms with E-state index >= 15 is 0 Å². The number of rotatable bonds is 1. The Morgan fingerprint density at radius 2 is 2.10 bits per heavy atom. The first-order chi connectivity index (χ1) is 4.66. The number of thioether (sulfide) groups is 1. The standard InChI is InChI=1S/C6H7Cl3S/c1-3-4(2-7)10-6(9)5(3)8/h3-4H,2H2,1H3. The Labute approximate surface area is 79.9 Å². The molecule has 1 heterocycles. The van der Waals surface area contributed by atoms with E-state index in [1.165, 1.54) is 0 Å². The van der Waals surface area contributed by atoms with Crippen molar-refractivity contribution in [3.63, 3.8) is 0 Å². The zero-order valence-corrected chi connectivity index (χ0v) is 8.49. The molecule has 0 spiro atoms. The molecule has 2 atom stereocenters. The van der Waals surface area contributed by atoms with Gasteiger partial charge in [-0.25, -0.2) is 0 Å². The summed E-state index contributed by atoms with van der Waals surface area (Å²) in [6.45, 7) is 2.04. The summed E-state index contributed by atoms with van der Waals surface area (Å²) in [4.78, 5) is 0. The highest BCUT2D eigenvalue weighted by Gasteiger charge is 2.29. The SMILES string of the molecule is CC1C(Cl)=C(Cl)SC1CCl. The van der Waals surface area contributed by atoms with Gasteiger partial charge in [0.05, 0.1) is 4.36 Å². The van der Waals surface area contributed by atoms with Gasteiger partial charge < -0.3 is 0 Å². The highest BCUT2D eigenvalue weighted by Crippen LogP contribution is 2.45. The van der Waals surface area contributed by atoms with Crippen molar-refractivity contribution in [1.82, 2.24) is 0 Å². The summed E-state index contributed by atoms with van der Waals surface area (Å²) in [5.74, 6) is 0.926. The summed E-state index contributed by atoms with van der Waals surface area (Å²) in [5.41, 5.74) is 0. The molecule has 58 valence electrons. The van der Waals surface area contributed by atoms with Gasteiger partial charge >= 0.3 is 0 Å². The second kappa shape index (κ2) is 3.57. The van der Waals surface area contributed by atoms with Gasteiger partial charge in [0, 0.05) is 22.1 Å². The molecule has 4 heteroatoms. The molecule has 0 radical (unpaired) electrons. The smallest absolute Gasteiger partial charge is 0.0886 e. The fraction of sp³-hybridized carbons (Fsp3) is 0.667. The molecule has 0 bridgehead atoms. The molecule has 0 N–H and O–H groups in total. The molecular weight excluding hydrogens is 210 g/mol. The molecule has 0 aliphatic carbocycles. The molecule has 0 aromatic rings. The molecule has 1 aliphatic rings. The van der Waals surface area contributed by atoms with Gasteiger partial charge in [0.1, 0.15) is 0 Å². The Hall–Kier alpha value is 0.960. The third-order valence-electron chi connectivity index (χ3n) is 1.55. The molecule has 0 aromatic heterocycles.